The quantitative estimate of drug-likeness (QED) is 0.894. The molecule has 0 unspecified atom stereocenters. The molecule has 1 atom stereocenters. The number of fused-ring (bicyclic) bond motifs is 1. The number of aromatic nitrogens is 1. The van der Waals surface area contributed by atoms with Gasteiger partial charge in [0.2, 0.25) is 0 Å². The summed E-state index contributed by atoms with van der Waals surface area (Å²) in [5, 5.41) is 12.1. The second kappa shape index (κ2) is 7.06. The molecule has 1 N–H and O–H groups in total. The standard InChI is InChI=1S/C19H25ClN2O/c1-13(2)12-17(23)14-8-10-22(11-9-14)18-7-6-15-4-3-5-16(20)19(15)21-18/h3-7,13-14,17,23H,8-12H2,1-2H3/t17-/m1/s1. The lowest BCUT2D eigenvalue weighted by molar-refractivity contribution is 0.0734. The first-order valence-electron chi connectivity index (χ1n) is 8.53. The molecular formula is C19H25ClN2O. The van der Waals surface area contributed by atoms with Gasteiger partial charge < -0.3 is 10.0 Å². The van der Waals surface area contributed by atoms with Crippen LogP contribution in [0.25, 0.3) is 10.9 Å². The molecule has 1 saturated heterocycles. The second-order valence-electron chi connectivity index (χ2n) is 7.00. The summed E-state index contributed by atoms with van der Waals surface area (Å²) in [6, 6.07) is 10.0. The summed E-state index contributed by atoms with van der Waals surface area (Å²) in [7, 11) is 0. The average molecular weight is 333 g/mol. The number of rotatable bonds is 4. The Morgan fingerprint density at radius 1 is 1.22 bits per heavy atom. The highest BCUT2D eigenvalue weighted by molar-refractivity contribution is 6.35. The summed E-state index contributed by atoms with van der Waals surface area (Å²) >= 11 is 6.27. The molecule has 1 fully saturated rings. The van der Waals surface area contributed by atoms with Gasteiger partial charge in [-0.3, -0.25) is 0 Å². The molecule has 0 bridgehead atoms. The zero-order valence-electron chi connectivity index (χ0n) is 13.9. The van der Waals surface area contributed by atoms with Gasteiger partial charge in [-0.05, 0) is 49.3 Å². The Kier molecular flexibility index (Phi) is 5.08. The van der Waals surface area contributed by atoms with Gasteiger partial charge in [0.05, 0.1) is 16.6 Å². The van der Waals surface area contributed by atoms with Gasteiger partial charge in [0.15, 0.2) is 0 Å². The number of nitrogens with zero attached hydrogens (tertiary/aromatic N) is 2. The molecule has 1 aliphatic heterocycles. The van der Waals surface area contributed by atoms with Crippen LogP contribution in [-0.4, -0.2) is 29.3 Å². The van der Waals surface area contributed by atoms with Crippen molar-refractivity contribution in [3.05, 3.63) is 35.4 Å². The van der Waals surface area contributed by atoms with Crippen LogP contribution >= 0.6 is 11.6 Å². The third-order valence-electron chi connectivity index (χ3n) is 4.78. The van der Waals surface area contributed by atoms with E-state index in [2.05, 4.69) is 30.9 Å². The molecule has 23 heavy (non-hydrogen) atoms. The second-order valence-corrected chi connectivity index (χ2v) is 7.41. The van der Waals surface area contributed by atoms with Gasteiger partial charge in [-0.2, -0.15) is 0 Å². The first-order valence-corrected chi connectivity index (χ1v) is 8.90. The van der Waals surface area contributed by atoms with E-state index in [9.17, 15) is 5.11 Å². The summed E-state index contributed by atoms with van der Waals surface area (Å²) < 4.78 is 0. The van der Waals surface area contributed by atoms with Crippen LogP contribution in [0.15, 0.2) is 30.3 Å². The number of piperidine rings is 1. The van der Waals surface area contributed by atoms with Crippen LogP contribution in [0.1, 0.15) is 33.1 Å². The number of hydrogen-bond donors (Lipinski definition) is 1. The molecule has 124 valence electrons. The average Bonchev–Trinajstić information content (AvgIpc) is 2.54. The fourth-order valence-electron chi connectivity index (χ4n) is 3.47. The largest absolute Gasteiger partial charge is 0.393 e. The first-order chi connectivity index (χ1) is 11.0. The van der Waals surface area contributed by atoms with Gasteiger partial charge in [0, 0.05) is 18.5 Å². The molecule has 0 radical (unpaired) electrons. The number of anilines is 1. The van der Waals surface area contributed by atoms with Gasteiger partial charge in [0.25, 0.3) is 0 Å². The van der Waals surface area contributed by atoms with E-state index in [0.29, 0.717) is 16.9 Å². The van der Waals surface area contributed by atoms with Gasteiger partial charge in [0.1, 0.15) is 5.82 Å². The molecule has 1 aromatic carbocycles. The van der Waals surface area contributed by atoms with Gasteiger partial charge >= 0.3 is 0 Å². The lowest BCUT2D eigenvalue weighted by Crippen LogP contribution is -2.38. The number of aliphatic hydroxyl groups excluding tert-OH is 1. The van der Waals surface area contributed by atoms with Crippen molar-refractivity contribution in [3.63, 3.8) is 0 Å². The molecule has 1 aromatic heterocycles. The highest BCUT2D eigenvalue weighted by Crippen LogP contribution is 2.29. The molecule has 2 heterocycles. The van der Waals surface area contributed by atoms with E-state index < -0.39 is 0 Å². The smallest absolute Gasteiger partial charge is 0.129 e. The molecule has 1 aliphatic rings. The minimum absolute atomic E-state index is 0.170. The lowest BCUT2D eigenvalue weighted by Gasteiger charge is -2.35. The van der Waals surface area contributed by atoms with Gasteiger partial charge in [-0.1, -0.05) is 37.6 Å². The summed E-state index contributed by atoms with van der Waals surface area (Å²) in [6.07, 6.45) is 2.77. The normalized spacial score (nSPS) is 17.9. The monoisotopic (exact) mass is 332 g/mol. The molecule has 0 saturated carbocycles. The minimum Gasteiger partial charge on any atom is -0.393 e. The van der Waals surface area contributed by atoms with Crippen LogP contribution in [0, 0.1) is 11.8 Å². The van der Waals surface area contributed by atoms with Crippen molar-refractivity contribution < 1.29 is 5.11 Å². The number of hydrogen-bond acceptors (Lipinski definition) is 3. The SMILES string of the molecule is CC(C)C[C@@H](O)C1CCN(c2ccc3cccc(Cl)c3n2)CC1. The fourth-order valence-corrected chi connectivity index (χ4v) is 3.69. The van der Waals surface area contributed by atoms with E-state index in [1.165, 1.54) is 0 Å². The van der Waals surface area contributed by atoms with Crippen LogP contribution < -0.4 is 4.90 Å². The van der Waals surface area contributed by atoms with E-state index in [0.717, 1.165) is 49.1 Å². The van der Waals surface area contributed by atoms with Gasteiger partial charge in [-0.15, -0.1) is 0 Å². The van der Waals surface area contributed by atoms with Crippen molar-refractivity contribution >= 4 is 28.3 Å². The topological polar surface area (TPSA) is 36.4 Å². The highest BCUT2D eigenvalue weighted by atomic mass is 35.5. The van der Waals surface area contributed by atoms with Crippen LogP contribution in [0.3, 0.4) is 0 Å². The maximum absolute atomic E-state index is 10.3. The van der Waals surface area contributed by atoms with E-state index in [-0.39, 0.29) is 6.10 Å². The molecule has 4 heteroatoms. The van der Waals surface area contributed by atoms with Crippen LogP contribution in [0.5, 0.6) is 0 Å². The Labute approximate surface area is 143 Å². The predicted molar refractivity (Wildman–Crippen MR) is 97.2 cm³/mol. The Morgan fingerprint density at radius 2 is 1.96 bits per heavy atom. The molecule has 0 aliphatic carbocycles. The zero-order valence-corrected chi connectivity index (χ0v) is 14.6. The van der Waals surface area contributed by atoms with E-state index in [4.69, 9.17) is 16.6 Å². The molecular weight excluding hydrogens is 308 g/mol. The summed E-state index contributed by atoms with van der Waals surface area (Å²) in [4.78, 5) is 7.06. The molecule has 2 aromatic rings. The maximum atomic E-state index is 10.3. The Balaban J connectivity index is 1.69. The van der Waals surface area contributed by atoms with E-state index in [1.54, 1.807) is 0 Å². The third kappa shape index (κ3) is 3.78. The van der Waals surface area contributed by atoms with E-state index >= 15 is 0 Å². The number of aliphatic hydroxyl groups is 1. The predicted octanol–water partition coefficient (Wildman–Crippen LogP) is 4.51. The van der Waals surface area contributed by atoms with Crippen LogP contribution in [-0.2, 0) is 0 Å². The Hall–Kier alpha value is -1.32. The highest BCUT2D eigenvalue weighted by Gasteiger charge is 2.26. The summed E-state index contributed by atoms with van der Waals surface area (Å²) in [6.45, 7) is 6.23. The third-order valence-corrected chi connectivity index (χ3v) is 5.08. The Morgan fingerprint density at radius 3 is 2.65 bits per heavy atom. The Bertz CT molecular complexity index is 665. The number of benzene rings is 1. The number of pyridine rings is 1. The van der Waals surface area contributed by atoms with Crippen LogP contribution in [0.2, 0.25) is 5.02 Å². The van der Waals surface area contributed by atoms with Crippen molar-refractivity contribution in [1.82, 2.24) is 4.98 Å². The molecule has 3 nitrogen and oxygen atoms in total. The van der Waals surface area contributed by atoms with Gasteiger partial charge in [-0.25, -0.2) is 4.98 Å². The van der Waals surface area contributed by atoms with Crippen LogP contribution in [0.4, 0.5) is 5.82 Å². The molecule has 3 rings (SSSR count). The number of para-hydroxylation sites is 1. The van der Waals surface area contributed by atoms with Crippen molar-refractivity contribution in [2.24, 2.45) is 11.8 Å². The van der Waals surface area contributed by atoms with Crippen molar-refractivity contribution in [2.75, 3.05) is 18.0 Å². The summed E-state index contributed by atoms with van der Waals surface area (Å²) in [5.41, 5.74) is 0.869. The minimum atomic E-state index is -0.170. The number of halogens is 1. The molecule has 0 amide bonds. The first kappa shape index (κ1) is 16.5. The zero-order chi connectivity index (χ0) is 16.4. The van der Waals surface area contributed by atoms with Crippen molar-refractivity contribution in [1.29, 1.82) is 0 Å². The lowest BCUT2D eigenvalue weighted by atomic mass is 9.87. The fraction of sp³-hybridized carbons (Fsp3) is 0.526. The summed E-state index contributed by atoms with van der Waals surface area (Å²) in [5.74, 6) is 1.95. The molecule has 0 spiro atoms. The van der Waals surface area contributed by atoms with E-state index in [1.807, 2.05) is 18.2 Å². The van der Waals surface area contributed by atoms with Crippen molar-refractivity contribution in [3.8, 4) is 0 Å². The maximum Gasteiger partial charge on any atom is 0.129 e. The van der Waals surface area contributed by atoms with Crippen molar-refractivity contribution in [2.45, 2.75) is 39.2 Å².